The Labute approximate surface area is 331 Å². The van der Waals surface area contributed by atoms with E-state index in [1.165, 1.54) is 50.6 Å². The Kier molecular flexibility index (Phi) is 16.0. The van der Waals surface area contributed by atoms with Gasteiger partial charge in [-0.05, 0) is 47.9 Å². The highest BCUT2D eigenvalue weighted by Gasteiger charge is 2.55. The molecule has 0 aliphatic carbocycles. The van der Waals surface area contributed by atoms with Gasteiger partial charge in [-0.15, -0.1) is 0 Å². The third-order valence-corrected chi connectivity index (χ3v) is 9.84. The van der Waals surface area contributed by atoms with Gasteiger partial charge in [0.2, 0.25) is 0 Å². The van der Waals surface area contributed by atoms with Crippen LogP contribution in [0.1, 0.15) is 11.1 Å². The van der Waals surface area contributed by atoms with Crippen LogP contribution in [0.5, 0.6) is 23.0 Å². The lowest BCUT2D eigenvalue weighted by Gasteiger charge is -2.48. The van der Waals surface area contributed by atoms with Crippen LogP contribution in [0.3, 0.4) is 0 Å². The fourth-order valence-corrected chi connectivity index (χ4v) is 6.59. The van der Waals surface area contributed by atoms with Crippen LogP contribution in [0.4, 0.5) is 0 Å². The predicted octanol–water partition coefficient (Wildman–Crippen LogP) is -3.61. The molecule has 0 bridgehead atoms. The summed E-state index contributed by atoms with van der Waals surface area (Å²) in [6, 6.07) is 8.86. The number of rotatable bonds is 16. The van der Waals surface area contributed by atoms with Crippen molar-refractivity contribution in [3.05, 3.63) is 53.6 Å². The van der Waals surface area contributed by atoms with Crippen molar-refractivity contribution in [1.82, 2.24) is 0 Å². The summed E-state index contributed by atoms with van der Waals surface area (Å²) in [7, 11) is 2.72. The van der Waals surface area contributed by atoms with Crippen LogP contribution in [0.25, 0.3) is 6.08 Å². The van der Waals surface area contributed by atoms with Gasteiger partial charge in [-0.1, -0.05) is 12.1 Å². The molecule has 0 saturated carbocycles. The number of benzene rings is 2. The number of carbonyl (C=O) groups excluding carboxylic acids is 1. The molecule has 0 unspecified atom stereocenters. The fraction of sp³-hybridized carbons (Fsp3) is 0.595. The van der Waals surface area contributed by atoms with Crippen molar-refractivity contribution in [1.29, 1.82) is 0 Å². The molecular formula is C37H50O21. The monoisotopic (exact) mass is 830 g/mol. The quantitative estimate of drug-likeness (QED) is 0.0575. The summed E-state index contributed by atoms with van der Waals surface area (Å²) in [5.41, 5.74) is 1.01. The van der Waals surface area contributed by atoms with Crippen molar-refractivity contribution in [2.24, 2.45) is 0 Å². The zero-order valence-electron chi connectivity index (χ0n) is 31.3. The van der Waals surface area contributed by atoms with Crippen LogP contribution in [0, 0.1) is 0 Å². The van der Waals surface area contributed by atoms with Crippen LogP contribution in [-0.2, 0) is 44.4 Å². The van der Waals surface area contributed by atoms with Crippen molar-refractivity contribution in [3.8, 4) is 23.0 Å². The van der Waals surface area contributed by atoms with Gasteiger partial charge in [-0.2, -0.15) is 0 Å². The van der Waals surface area contributed by atoms with Crippen molar-refractivity contribution >= 4 is 12.0 Å². The minimum Gasteiger partial charge on any atom is -0.504 e. The SMILES string of the molecule is COc1ccc(CCO[C@@H]2O[C@H](CO)[C@@H](OC(=O)/C=C/c3ccc(O)c(OC)c3)[C@H](O)[C@H]2O[C@@H]2O[C@H](CO)[C@@H](O)[C@H](O)[C@H]2O[C@@H]2O[C@H](CO)[C@@H](O)[C@H](O)[C@H]2O)cc1O. The Morgan fingerprint density at radius 3 is 1.88 bits per heavy atom. The second-order valence-electron chi connectivity index (χ2n) is 13.6. The second kappa shape index (κ2) is 20.5. The fourth-order valence-electron chi connectivity index (χ4n) is 6.59. The molecule has 3 fully saturated rings. The Morgan fingerprint density at radius 2 is 1.24 bits per heavy atom. The maximum atomic E-state index is 13.1. The number of carbonyl (C=O) groups is 1. The first-order valence-corrected chi connectivity index (χ1v) is 18.2. The Bertz CT molecular complexity index is 1660. The van der Waals surface area contributed by atoms with Gasteiger partial charge >= 0.3 is 5.97 Å². The molecule has 0 radical (unpaired) electrons. The average molecular weight is 831 g/mol. The van der Waals surface area contributed by atoms with Gasteiger partial charge in [0.1, 0.15) is 67.1 Å². The largest absolute Gasteiger partial charge is 0.504 e. The smallest absolute Gasteiger partial charge is 0.331 e. The summed E-state index contributed by atoms with van der Waals surface area (Å²) in [4.78, 5) is 13.1. The number of phenolic OH excluding ortho intramolecular Hbond substituents is 2. The molecule has 5 rings (SSSR count). The molecule has 2 aromatic carbocycles. The number of esters is 1. The number of methoxy groups -OCH3 is 2. The van der Waals surface area contributed by atoms with E-state index in [9.17, 15) is 61.0 Å². The van der Waals surface area contributed by atoms with Gasteiger partial charge in [0, 0.05) is 6.08 Å². The highest BCUT2D eigenvalue weighted by atomic mass is 16.8. The van der Waals surface area contributed by atoms with E-state index in [4.69, 9.17) is 42.6 Å². The lowest BCUT2D eigenvalue weighted by Crippen LogP contribution is -2.67. The number of aromatic hydroxyl groups is 2. The van der Waals surface area contributed by atoms with E-state index in [1.54, 1.807) is 6.07 Å². The summed E-state index contributed by atoms with van der Waals surface area (Å²) in [5.74, 6) is -0.958. The molecule has 2 aromatic rings. The first-order chi connectivity index (χ1) is 27.7. The van der Waals surface area contributed by atoms with Crippen molar-refractivity contribution < 1.29 is 104 Å². The number of ether oxygens (including phenoxy) is 9. The molecule has 21 heteroatoms. The molecule has 0 amide bonds. The van der Waals surface area contributed by atoms with Crippen LogP contribution < -0.4 is 9.47 Å². The van der Waals surface area contributed by atoms with Crippen LogP contribution in [0.15, 0.2) is 42.5 Å². The molecule has 0 spiro atoms. The Balaban J connectivity index is 1.42. The van der Waals surface area contributed by atoms with E-state index in [0.29, 0.717) is 11.1 Å². The highest BCUT2D eigenvalue weighted by molar-refractivity contribution is 5.87. The van der Waals surface area contributed by atoms with Crippen molar-refractivity contribution in [2.75, 3.05) is 40.6 Å². The van der Waals surface area contributed by atoms with Gasteiger partial charge in [-0.25, -0.2) is 4.79 Å². The minimum absolute atomic E-state index is 0.127. The summed E-state index contributed by atoms with van der Waals surface area (Å²) in [6.45, 7) is -2.67. The predicted molar refractivity (Wildman–Crippen MR) is 191 cm³/mol. The third-order valence-electron chi connectivity index (χ3n) is 9.84. The number of aliphatic hydroxyl groups is 9. The number of hydrogen-bond donors (Lipinski definition) is 11. The van der Waals surface area contributed by atoms with Gasteiger partial charge in [0.05, 0.1) is 40.6 Å². The van der Waals surface area contributed by atoms with Crippen LogP contribution in [-0.4, -0.2) is 195 Å². The zero-order valence-corrected chi connectivity index (χ0v) is 31.3. The second-order valence-corrected chi connectivity index (χ2v) is 13.6. The summed E-state index contributed by atoms with van der Waals surface area (Å²) >= 11 is 0. The van der Waals surface area contributed by atoms with E-state index in [2.05, 4.69) is 0 Å². The molecule has 0 aromatic heterocycles. The van der Waals surface area contributed by atoms with Crippen molar-refractivity contribution in [3.63, 3.8) is 0 Å². The zero-order chi connectivity index (χ0) is 42.3. The van der Waals surface area contributed by atoms with Crippen LogP contribution in [0.2, 0.25) is 0 Å². The van der Waals surface area contributed by atoms with E-state index < -0.39 is 118 Å². The molecule has 3 aliphatic rings. The molecule has 11 N–H and O–H groups in total. The maximum absolute atomic E-state index is 13.1. The molecule has 3 saturated heterocycles. The topological polar surface area (TPSA) is 323 Å². The minimum atomic E-state index is -1.98. The first-order valence-electron chi connectivity index (χ1n) is 18.2. The lowest BCUT2D eigenvalue weighted by atomic mass is 9.96. The summed E-state index contributed by atoms with van der Waals surface area (Å²) in [5, 5.41) is 115. The molecule has 15 atom stereocenters. The van der Waals surface area contributed by atoms with Gasteiger partial charge in [0.15, 0.2) is 48.0 Å². The van der Waals surface area contributed by atoms with Crippen molar-refractivity contribution in [2.45, 2.75) is 98.5 Å². The van der Waals surface area contributed by atoms with Gasteiger partial charge in [0.25, 0.3) is 0 Å². The Morgan fingerprint density at radius 1 is 0.638 bits per heavy atom. The maximum Gasteiger partial charge on any atom is 0.331 e. The number of aliphatic hydroxyl groups excluding tert-OH is 9. The molecule has 21 nitrogen and oxygen atoms in total. The molecule has 324 valence electrons. The molecule has 58 heavy (non-hydrogen) atoms. The van der Waals surface area contributed by atoms with Crippen LogP contribution >= 0.6 is 0 Å². The van der Waals surface area contributed by atoms with Gasteiger partial charge in [-0.3, -0.25) is 0 Å². The number of phenols is 2. The first kappa shape index (κ1) is 45.3. The normalized spacial score (nSPS) is 35.5. The molecular weight excluding hydrogens is 780 g/mol. The molecule has 3 aliphatic heterocycles. The standard InChI is InChI=1S/C37H50O21/c1-50-20-7-4-17(11-19(20)42)9-10-52-36-34(31(49)32(24(15-40)55-36)56-25(43)8-5-16-3-6-18(41)21(12-16)51-2)58-37-33(29(47)27(45)23(14-39)54-37)57-35-30(48)28(46)26(44)22(13-38)53-35/h3-8,11-12,22-24,26-42,44-49H,9-10,13-15H2,1-2H3/b8-5+/t22-,23-,24-,26-,27-,28+,29+,30-,31+,32-,33-,34-,35+,36-,37+/m1/s1. The Hall–Kier alpha value is -3.75. The summed E-state index contributed by atoms with van der Waals surface area (Å²) in [6.07, 6.45) is -24.0. The number of hydrogen-bond acceptors (Lipinski definition) is 21. The van der Waals surface area contributed by atoms with E-state index in [1.807, 2.05) is 0 Å². The van der Waals surface area contributed by atoms with E-state index in [-0.39, 0.29) is 36.0 Å². The van der Waals surface area contributed by atoms with E-state index >= 15 is 0 Å². The lowest BCUT2D eigenvalue weighted by molar-refractivity contribution is -0.393. The average Bonchev–Trinajstić information content (AvgIpc) is 3.22. The van der Waals surface area contributed by atoms with E-state index in [0.717, 1.165) is 6.08 Å². The highest BCUT2D eigenvalue weighted by Crippen LogP contribution is 2.35. The summed E-state index contributed by atoms with van der Waals surface area (Å²) < 4.78 is 50.6. The molecule has 3 heterocycles. The third kappa shape index (κ3) is 10.3. The van der Waals surface area contributed by atoms with Gasteiger partial charge < -0.3 is 98.8 Å².